The quantitative estimate of drug-likeness (QED) is 0.887. The van der Waals surface area contributed by atoms with Gasteiger partial charge in [0.1, 0.15) is 5.82 Å². The van der Waals surface area contributed by atoms with E-state index < -0.39 is 5.54 Å². The van der Waals surface area contributed by atoms with E-state index in [2.05, 4.69) is 15.9 Å². The molecule has 2 aromatic carbocycles. The first kappa shape index (κ1) is 13.2. The van der Waals surface area contributed by atoms with E-state index >= 15 is 0 Å². The monoisotopic (exact) mass is 307 g/mol. The van der Waals surface area contributed by atoms with Crippen LogP contribution in [-0.4, -0.2) is 0 Å². The summed E-state index contributed by atoms with van der Waals surface area (Å²) in [7, 11) is 0. The fourth-order valence-corrected chi connectivity index (χ4v) is 2.40. The first-order chi connectivity index (χ1) is 8.41. The molecule has 2 aromatic rings. The highest BCUT2D eigenvalue weighted by Crippen LogP contribution is 2.30. The van der Waals surface area contributed by atoms with Gasteiger partial charge in [-0.25, -0.2) is 4.39 Å². The van der Waals surface area contributed by atoms with Gasteiger partial charge in [0, 0.05) is 10.0 Å². The number of hydrogen-bond donors (Lipinski definition) is 1. The van der Waals surface area contributed by atoms with Gasteiger partial charge in [0.05, 0.1) is 5.54 Å². The minimum absolute atomic E-state index is 0.273. The van der Waals surface area contributed by atoms with Crippen molar-refractivity contribution in [2.45, 2.75) is 19.4 Å². The van der Waals surface area contributed by atoms with E-state index in [0.717, 1.165) is 15.6 Å². The summed E-state index contributed by atoms with van der Waals surface area (Å²) in [4.78, 5) is 0. The van der Waals surface area contributed by atoms with E-state index in [1.807, 2.05) is 38.1 Å². The average Bonchev–Trinajstić information content (AvgIpc) is 2.32. The fraction of sp³-hybridized carbons (Fsp3) is 0.200. The molecule has 0 aliphatic rings. The molecule has 0 fully saturated rings. The van der Waals surface area contributed by atoms with Crippen LogP contribution >= 0.6 is 15.9 Å². The van der Waals surface area contributed by atoms with E-state index in [1.54, 1.807) is 12.1 Å². The highest BCUT2D eigenvalue weighted by atomic mass is 79.9. The molecule has 0 aromatic heterocycles. The Bertz CT molecular complexity index is 578. The second-order valence-corrected chi connectivity index (χ2v) is 5.61. The molecule has 0 radical (unpaired) electrons. The molecule has 0 saturated heterocycles. The summed E-state index contributed by atoms with van der Waals surface area (Å²) in [5, 5.41) is 0. The molecule has 2 rings (SSSR count). The van der Waals surface area contributed by atoms with Crippen LogP contribution in [0.3, 0.4) is 0 Å². The number of halogens is 2. The lowest BCUT2D eigenvalue weighted by Gasteiger charge is -2.27. The summed E-state index contributed by atoms with van der Waals surface area (Å²) in [5.74, 6) is -0.273. The Hall–Kier alpha value is -1.19. The Morgan fingerprint density at radius 3 is 2.56 bits per heavy atom. The fourth-order valence-electron chi connectivity index (χ4n) is 2.00. The topological polar surface area (TPSA) is 26.0 Å². The van der Waals surface area contributed by atoms with Crippen LogP contribution in [-0.2, 0) is 5.54 Å². The summed E-state index contributed by atoms with van der Waals surface area (Å²) in [6.45, 7) is 3.76. The summed E-state index contributed by atoms with van der Waals surface area (Å²) < 4.78 is 14.9. The minimum Gasteiger partial charge on any atom is -0.318 e. The lowest BCUT2D eigenvalue weighted by Crippen LogP contribution is -2.35. The number of hydrogen-bond acceptors (Lipinski definition) is 1. The van der Waals surface area contributed by atoms with Crippen molar-refractivity contribution in [1.82, 2.24) is 0 Å². The van der Waals surface area contributed by atoms with Crippen molar-refractivity contribution in [3.63, 3.8) is 0 Å². The van der Waals surface area contributed by atoms with Gasteiger partial charge in [-0.1, -0.05) is 45.8 Å². The summed E-state index contributed by atoms with van der Waals surface area (Å²) in [5.41, 5.74) is 7.88. The van der Waals surface area contributed by atoms with Crippen molar-refractivity contribution in [2.24, 2.45) is 5.73 Å². The molecule has 2 N–H and O–H groups in total. The Morgan fingerprint density at radius 2 is 1.89 bits per heavy atom. The van der Waals surface area contributed by atoms with Gasteiger partial charge in [-0.15, -0.1) is 0 Å². The Labute approximate surface area is 115 Å². The molecule has 0 bridgehead atoms. The van der Waals surface area contributed by atoms with Crippen LogP contribution in [0.1, 0.15) is 23.6 Å². The zero-order valence-corrected chi connectivity index (χ0v) is 12.0. The zero-order chi connectivity index (χ0) is 13.3. The smallest absolute Gasteiger partial charge is 0.128 e. The van der Waals surface area contributed by atoms with Crippen molar-refractivity contribution in [2.75, 3.05) is 0 Å². The molecule has 0 aliphatic carbocycles. The van der Waals surface area contributed by atoms with E-state index in [9.17, 15) is 4.39 Å². The van der Waals surface area contributed by atoms with Gasteiger partial charge in [0.15, 0.2) is 0 Å². The van der Waals surface area contributed by atoms with Crippen molar-refractivity contribution < 1.29 is 4.39 Å². The van der Waals surface area contributed by atoms with Crippen molar-refractivity contribution in [3.8, 4) is 0 Å². The third-order valence-corrected chi connectivity index (χ3v) is 3.60. The maximum Gasteiger partial charge on any atom is 0.128 e. The maximum absolute atomic E-state index is 14.0. The van der Waals surface area contributed by atoms with Crippen LogP contribution in [0.4, 0.5) is 4.39 Å². The van der Waals surface area contributed by atoms with Crippen molar-refractivity contribution >= 4 is 15.9 Å². The number of rotatable bonds is 2. The van der Waals surface area contributed by atoms with Gasteiger partial charge in [-0.05, 0) is 37.6 Å². The molecule has 1 nitrogen and oxygen atoms in total. The normalized spacial score (nSPS) is 14.3. The SMILES string of the molecule is Cc1ccc(F)c(C(C)(N)c2cccc(Br)c2)c1. The molecular formula is C15H15BrFN. The van der Waals surface area contributed by atoms with Gasteiger partial charge in [0.2, 0.25) is 0 Å². The first-order valence-corrected chi connectivity index (χ1v) is 6.52. The number of aryl methyl sites for hydroxylation is 1. The predicted molar refractivity (Wildman–Crippen MR) is 75.9 cm³/mol. The average molecular weight is 308 g/mol. The molecule has 0 spiro atoms. The lowest BCUT2D eigenvalue weighted by molar-refractivity contribution is 0.530. The molecule has 0 saturated carbocycles. The predicted octanol–water partition coefficient (Wildman–Crippen LogP) is 4.12. The van der Waals surface area contributed by atoms with Crippen LogP contribution in [0, 0.1) is 12.7 Å². The van der Waals surface area contributed by atoms with Crippen molar-refractivity contribution in [3.05, 3.63) is 69.4 Å². The molecule has 0 amide bonds. The third kappa shape index (κ3) is 2.47. The highest BCUT2D eigenvalue weighted by molar-refractivity contribution is 9.10. The molecule has 3 heteroatoms. The van der Waals surface area contributed by atoms with Gasteiger partial charge in [0.25, 0.3) is 0 Å². The summed E-state index contributed by atoms with van der Waals surface area (Å²) in [6, 6.07) is 12.7. The van der Waals surface area contributed by atoms with Gasteiger partial charge >= 0.3 is 0 Å². The summed E-state index contributed by atoms with van der Waals surface area (Å²) in [6.07, 6.45) is 0. The standard InChI is InChI=1S/C15H15BrFN/c1-10-6-7-14(17)13(8-10)15(2,18)11-4-3-5-12(16)9-11/h3-9H,18H2,1-2H3. The highest BCUT2D eigenvalue weighted by Gasteiger charge is 2.27. The molecule has 18 heavy (non-hydrogen) atoms. The first-order valence-electron chi connectivity index (χ1n) is 5.73. The second kappa shape index (κ2) is 4.82. The number of nitrogens with two attached hydrogens (primary N) is 1. The lowest BCUT2D eigenvalue weighted by atomic mass is 9.85. The summed E-state index contributed by atoms with van der Waals surface area (Å²) >= 11 is 3.41. The largest absolute Gasteiger partial charge is 0.318 e. The van der Waals surface area contributed by atoms with Gasteiger partial charge < -0.3 is 5.73 Å². The van der Waals surface area contributed by atoms with E-state index in [0.29, 0.717) is 5.56 Å². The molecule has 1 unspecified atom stereocenters. The second-order valence-electron chi connectivity index (χ2n) is 4.70. The van der Waals surface area contributed by atoms with E-state index in [-0.39, 0.29) is 5.82 Å². The minimum atomic E-state index is -0.847. The van der Waals surface area contributed by atoms with Gasteiger partial charge in [-0.3, -0.25) is 0 Å². The molecular weight excluding hydrogens is 293 g/mol. The molecule has 1 atom stereocenters. The molecule has 94 valence electrons. The maximum atomic E-state index is 14.0. The van der Waals surface area contributed by atoms with Crippen molar-refractivity contribution in [1.29, 1.82) is 0 Å². The van der Waals surface area contributed by atoms with Gasteiger partial charge in [-0.2, -0.15) is 0 Å². The third-order valence-electron chi connectivity index (χ3n) is 3.11. The Kier molecular flexibility index (Phi) is 3.55. The van der Waals surface area contributed by atoms with E-state index in [1.165, 1.54) is 6.07 Å². The van der Waals surface area contributed by atoms with Crippen LogP contribution < -0.4 is 5.73 Å². The van der Waals surface area contributed by atoms with Crippen LogP contribution in [0.15, 0.2) is 46.9 Å². The zero-order valence-electron chi connectivity index (χ0n) is 10.4. The Morgan fingerprint density at radius 1 is 1.17 bits per heavy atom. The van der Waals surface area contributed by atoms with E-state index in [4.69, 9.17) is 5.73 Å². The van der Waals surface area contributed by atoms with Crippen LogP contribution in [0.5, 0.6) is 0 Å². The van der Waals surface area contributed by atoms with Crippen LogP contribution in [0.25, 0.3) is 0 Å². The molecule has 0 aliphatic heterocycles. The molecule has 0 heterocycles. The Balaban J connectivity index is 2.57. The number of benzene rings is 2. The van der Waals surface area contributed by atoms with Crippen LogP contribution in [0.2, 0.25) is 0 Å².